The maximum Gasteiger partial charge on any atom is 0.305 e. The monoisotopic (exact) mass is 234 g/mol. The lowest BCUT2D eigenvalue weighted by atomic mass is 9.90. The molecule has 2 atom stereocenters. The Morgan fingerprint density at radius 1 is 1.41 bits per heavy atom. The Balaban J connectivity index is 3.86. The Hall–Kier alpha value is -1.49. The molecule has 0 radical (unpaired) electrons. The number of carbonyl (C=O) groups excluding carboxylic acids is 1. The molecule has 0 bridgehead atoms. The second-order valence-electron chi connectivity index (χ2n) is 4.22. The highest BCUT2D eigenvalue weighted by atomic mass is 16.5. The molecule has 0 N–H and O–H groups in total. The predicted molar refractivity (Wildman–Crippen MR) is 71.3 cm³/mol. The van der Waals surface area contributed by atoms with Crippen molar-refractivity contribution in [1.82, 2.24) is 0 Å². The first kappa shape index (κ1) is 15.5. The zero-order valence-electron chi connectivity index (χ0n) is 11.0. The fourth-order valence-corrected chi connectivity index (χ4v) is 1.47. The molecule has 17 heavy (non-hydrogen) atoms. The summed E-state index contributed by atoms with van der Waals surface area (Å²) in [6.45, 7) is 4.36. The first-order valence-corrected chi connectivity index (χ1v) is 5.98. The van der Waals surface area contributed by atoms with Gasteiger partial charge in [-0.2, -0.15) is 0 Å². The average molecular weight is 234 g/mol. The van der Waals surface area contributed by atoms with E-state index in [1.54, 1.807) is 6.08 Å². The van der Waals surface area contributed by atoms with E-state index in [1.165, 1.54) is 7.11 Å². The van der Waals surface area contributed by atoms with E-state index in [-0.39, 0.29) is 5.97 Å². The van der Waals surface area contributed by atoms with Crippen LogP contribution in [0.2, 0.25) is 0 Å². The maximum atomic E-state index is 10.9. The minimum atomic E-state index is -0.127. The van der Waals surface area contributed by atoms with Crippen molar-refractivity contribution in [3.05, 3.63) is 24.3 Å². The Morgan fingerprint density at radius 2 is 2.12 bits per heavy atom. The minimum Gasteiger partial charge on any atom is -0.469 e. The molecule has 0 aromatic heterocycles. The van der Waals surface area contributed by atoms with Crippen LogP contribution in [-0.2, 0) is 9.53 Å². The van der Waals surface area contributed by atoms with Crippen molar-refractivity contribution in [3.8, 4) is 12.3 Å². The van der Waals surface area contributed by atoms with Gasteiger partial charge >= 0.3 is 5.97 Å². The van der Waals surface area contributed by atoms with Gasteiger partial charge in [-0.05, 0) is 30.8 Å². The summed E-state index contributed by atoms with van der Waals surface area (Å²) in [6, 6.07) is 0. The van der Waals surface area contributed by atoms with Crippen LogP contribution in [0.3, 0.4) is 0 Å². The van der Waals surface area contributed by atoms with Crippen LogP contribution in [-0.4, -0.2) is 13.1 Å². The molecule has 0 aromatic carbocycles. The molecule has 94 valence electrons. The third-order valence-electron chi connectivity index (χ3n) is 2.88. The van der Waals surface area contributed by atoms with Gasteiger partial charge in [-0.15, -0.1) is 6.42 Å². The van der Waals surface area contributed by atoms with Crippen molar-refractivity contribution in [1.29, 1.82) is 0 Å². The summed E-state index contributed by atoms with van der Waals surface area (Å²) >= 11 is 0. The van der Waals surface area contributed by atoms with Crippen LogP contribution in [0.5, 0.6) is 0 Å². The van der Waals surface area contributed by atoms with E-state index >= 15 is 0 Å². The van der Waals surface area contributed by atoms with Crippen molar-refractivity contribution in [2.24, 2.45) is 11.8 Å². The maximum absolute atomic E-state index is 10.9. The molecule has 0 aromatic rings. The highest BCUT2D eigenvalue weighted by Gasteiger charge is 2.09. The molecule has 0 aliphatic heterocycles. The van der Waals surface area contributed by atoms with Crippen LogP contribution in [0.4, 0.5) is 0 Å². The lowest BCUT2D eigenvalue weighted by Crippen LogP contribution is -2.07. The summed E-state index contributed by atoms with van der Waals surface area (Å²) in [4.78, 5) is 10.9. The van der Waals surface area contributed by atoms with Crippen LogP contribution in [0.1, 0.15) is 33.1 Å². The minimum absolute atomic E-state index is 0.127. The lowest BCUT2D eigenvalue weighted by molar-refractivity contribution is -0.140. The second-order valence-corrected chi connectivity index (χ2v) is 4.22. The van der Waals surface area contributed by atoms with Crippen LogP contribution in [0, 0.1) is 24.2 Å². The van der Waals surface area contributed by atoms with E-state index in [1.807, 2.05) is 12.2 Å². The molecule has 2 heteroatoms. The van der Waals surface area contributed by atoms with Crippen LogP contribution in [0.15, 0.2) is 24.3 Å². The van der Waals surface area contributed by atoms with Gasteiger partial charge in [0.2, 0.25) is 0 Å². The smallest absolute Gasteiger partial charge is 0.305 e. The zero-order chi connectivity index (χ0) is 13.1. The molecule has 0 spiro atoms. The van der Waals surface area contributed by atoms with E-state index in [0.717, 1.165) is 12.8 Å². The number of hydrogen-bond donors (Lipinski definition) is 0. The van der Waals surface area contributed by atoms with Crippen molar-refractivity contribution >= 4 is 5.97 Å². The van der Waals surface area contributed by atoms with Gasteiger partial charge in [0.15, 0.2) is 0 Å². The van der Waals surface area contributed by atoms with Crippen LogP contribution in [0.25, 0.3) is 0 Å². The first-order valence-electron chi connectivity index (χ1n) is 5.98. The van der Waals surface area contributed by atoms with E-state index in [0.29, 0.717) is 18.3 Å². The van der Waals surface area contributed by atoms with Gasteiger partial charge in [0.1, 0.15) is 0 Å². The fraction of sp³-hybridized carbons (Fsp3) is 0.533. The predicted octanol–water partition coefficient (Wildman–Crippen LogP) is 3.35. The number of methoxy groups -OCH3 is 1. The third-order valence-corrected chi connectivity index (χ3v) is 2.88. The van der Waals surface area contributed by atoms with Gasteiger partial charge in [0.05, 0.1) is 7.11 Å². The highest BCUT2D eigenvalue weighted by molar-refractivity contribution is 5.68. The summed E-state index contributed by atoms with van der Waals surface area (Å²) in [5, 5.41) is 0. The van der Waals surface area contributed by atoms with Gasteiger partial charge in [0.25, 0.3) is 0 Å². The van der Waals surface area contributed by atoms with Crippen LogP contribution >= 0.6 is 0 Å². The summed E-state index contributed by atoms with van der Waals surface area (Å²) in [5.74, 6) is 3.35. The van der Waals surface area contributed by atoms with Crippen molar-refractivity contribution in [2.75, 3.05) is 7.11 Å². The van der Waals surface area contributed by atoms with E-state index in [4.69, 9.17) is 6.42 Å². The van der Waals surface area contributed by atoms with Gasteiger partial charge in [-0.3, -0.25) is 4.79 Å². The number of rotatable bonds is 7. The van der Waals surface area contributed by atoms with E-state index in [9.17, 15) is 4.79 Å². The standard InChI is InChI=1S/C15H22O2/c1-5-6-7-8-10-13(2)14(3)11-9-12-15(16)17-4/h1,6-8,10,13-14H,9,11-12H2,2-4H3/b7-6+,10-8+. The molecule has 0 aliphatic carbocycles. The Bertz CT molecular complexity index is 307. The van der Waals surface area contributed by atoms with Crippen LogP contribution < -0.4 is 0 Å². The van der Waals surface area contributed by atoms with Gasteiger partial charge in [0, 0.05) is 6.42 Å². The van der Waals surface area contributed by atoms with Gasteiger partial charge < -0.3 is 4.74 Å². The summed E-state index contributed by atoms with van der Waals surface area (Å²) in [6.07, 6.45) is 15.2. The molecular formula is C15H22O2. The molecule has 0 amide bonds. The van der Waals surface area contributed by atoms with Crippen molar-refractivity contribution < 1.29 is 9.53 Å². The Morgan fingerprint density at radius 3 is 2.71 bits per heavy atom. The summed E-state index contributed by atoms with van der Waals surface area (Å²) in [7, 11) is 1.43. The van der Waals surface area contributed by atoms with Gasteiger partial charge in [-0.1, -0.05) is 38.0 Å². The Kier molecular flexibility index (Phi) is 8.86. The lowest BCUT2D eigenvalue weighted by Gasteiger charge is -2.15. The first-order chi connectivity index (χ1) is 8.11. The Labute approximate surface area is 105 Å². The number of terminal acetylenes is 1. The number of allylic oxidation sites excluding steroid dienone is 4. The van der Waals surface area contributed by atoms with Crippen molar-refractivity contribution in [2.45, 2.75) is 33.1 Å². The molecule has 0 fully saturated rings. The van der Waals surface area contributed by atoms with E-state index < -0.39 is 0 Å². The summed E-state index contributed by atoms with van der Waals surface area (Å²) < 4.78 is 4.60. The molecule has 0 heterocycles. The second kappa shape index (κ2) is 9.72. The van der Waals surface area contributed by atoms with E-state index in [2.05, 4.69) is 30.6 Å². The van der Waals surface area contributed by atoms with Gasteiger partial charge in [-0.25, -0.2) is 0 Å². The number of esters is 1. The normalized spacial score (nSPS) is 14.7. The molecule has 0 aliphatic rings. The molecule has 0 saturated carbocycles. The number of hydrogen-bond acceptors (Lipinski definition) is 2. The molecular weight excluding hydrogens is 212 g/mol. The number of ether oxygens (including phenoxy) is 1. The largest absolute Gasteiger partial charge is 0.469 e. The van der Waals surface area contributed by atoms with Crippen molar-refractivity contribution in [3.63, 3.8) is 0 Å². The molecule has 0 rings (SSSR count). The SMILES string of the molecule is C#C/C=C/C=C/C(C)C(C)CCCC(=O)OC. The molecule has 2 unspecified atom stereocenters. The quantitative estimate of drug-likeness (QED) is 0.383. The molecule has 0 saturated heterocycles. The summed E-state index contributed by atoms with van der Waals surface area (Å²) in [5.41, 5.74) is 0. The number of carbonyl (C=O) groups is 1. The fourth-order valence-electron chi connectivity index (χ4n) is 1.47. The highest BCUT2D eigenvalue weighted by Crippen LogP contribution is 2.19. The average Bonchev–Trinajstić information content (AvgIpc) is 2.33. The molecule has 2 nitrogen and oxygen atoms in total. The topological polar surface area (TPSA) is 26.3 Å². The zero-order valence-corrected chi connectivity index (χ0v) is 11.0. The third kappa shape index (κ3) is 8.33.